The number of rotatable bonds is 5. The molecule has 14 heavy (non-hydrogen) atoms. The molecule has 0 nitrogen and oxygen atoms in total. The van der Waals surface area contributed by atoms with Crippen LogP contribution < -0.4 is 0 Å². The normalized spacial score (nSPS) is 15.1. The van der Waals surface area contributed by atoms with Crippen molar-refractivity contribution in [3.63, 3.8) is 0 Å². The van der Waals surface area contributed by atoms with Crippen LogP contribution in [0, 0.1) is 6.07 Å². The Labute approximate surface area is 86.2 Å². The van der Waals surface area contributed by atoms with E-state index in [4.69, 9.17) is 0 Å². The summed E-state index contributed by atoms with van der Waals surface area (Å²) in [5.74, 6) is 0.370. The Morgan fingerprint density at radius 2 is 2.00 bits per heavy atom. The van der Waals surface area contributed by atoms with Crippen LogP contribution in [0.1, 0.15) is 44.6 Å². The first-order chi connectivity index (χ1) is 6.74. The van der Waals surface area contributed by atoms with Gasteiger partial charge in [0, 0.05) is 0 Å². The SMILES string of the molecule is CCCC(CC(C)F)c1cc[c]cc1. The molecule has 0 amide bonds. The molecule has 0 aliphatic rings. The number of halogens is 1. The van der Waals surface area contributed by atoms with Crippen LogP contribution in [0.25, 0.3) is 0 Å². The predicted octanol–water partition coefficient (Wildman–Crippen LogP) is 4.12. The molecule has 2 atom stereocenters. The second kappa shape index (κ2) is 5.79. The van der Waals surface area contributed by atoms with Crippen LogP contribution in [0.5, 0.6) is 0 Å². The number of alkyl halides is 1. The zero-order valence-electron chi connectivity index (χ0n) is 8.96. The molecule has 0 heterocycles. The molecule has 0 aliphatic heterocycles. The van der Waals surface area contributed by atoms with Crippen molar-refractivity contribution < 1.29 is 4.39 Å². The molecule has 1 radical (unpaired) electrons. The van der Waals surface area contributed by atoms with Crippen molar-refractivity contribution in [2.45, 2.75) is 45.2 Å². The van der Waals surface area contributed by atoms with Gasteiger partial charge >= 0.3 is 0 Å². The van der Waals surface area contributed by atoms with Gasteiger partial charge < -0.3 is 0 Å². The third kappa shape index (κ3) is 3.49. The Kier molecular flexibility index (Phi) is 4.64. The molecule has 0 saturated heterocycles. The molecule has 0 N–H and O–H groups in total. The molecule has 1 rings (SSSR count). The first-order valence-electron chi connectivity index (χ1n) is 5.34. The standard InChI is InChI=1S/C13H18F/c1-3-7-13(10-11(2)14)12-8-5-4-6-9-12/h5-6,8-9,11,13H,3,7,10H2,1-2H3. The zero-order chi connectivity index (χ0) is 10.4. The summed E-state index contributed by atoms with van der Waals surface area (Å²) >= 11 is 0. The molecule has 2 unspecified atom stereocenters. The van der Waals surface area contributed by atoms with E-state index < -0.39 is 6.17 Å². The lowest BCUT2D eigenvalue weighted by molar-refractivity contribution is 0.312. The average Bonchev–Trinajstić information content (AvgIpc) is 2.18. The van der Waals surface area contributed by atoms with E-state index >= 15 is 0 Å². The minimum Gasteiger partial charge on any atom is -0.248 e. The number of hydrogen-bond acceptors (Lipinski definition) is 0. The van der Waals surface area contributed by atoms with Gasteiger partial charge in [0.2, 0.25) is 0 Å². The Balaban J connectivity index is 2.67. The van der Waals surface area contributed by atoms with E-state index in [1.165, 1.54) is 5.56 Å². The molecule has 0 spiro atoms. The predicted molar refractivity (Wildman–Crippen MR) is 58.1 cm³/mol. The smallest absolute Gasteiger partial charge is 0.0979 e. The molecule has 1 aromatic rings. The van der Waals surface area contributed by atoms with Crippen LogP contribution in [-0.4, -0.2) is 6.17 Å². The molecule has 1 aromatic carbocycles. The molecule has 0 bridgehead atoms. The number of hydrogen-bond donors (Lipinski definition) is 0. The van der Waals surface area contributed by atoms with Gasteiger partial charge in [0.1, 0.15) is 0 Å². The summed E-state index contributed by atoms with van der Waals surface area (Å²) in [5, 5.41) is 0. The fraction of sp³-hybridized carbons (Fsp3) is 0.538. The van der Waals surface area contributed by atoms with Gasteiger partial charge in [-0.25, -0.2) is 4.39 Å². The summed E-state index contributed by atoms with van der Waals surface area (Å²) in [4.78, 5) is 0. The van der Waals surface area contributed by atoms with Crippen molar-refractivity contribution in [1.82, 2.24) is 0 Å². The van der Waals surface area contributed by atoms with Gasteiger partial charge in [-0.15, -0.1) is 0 Å². The van der Waals surface area contributed by atoms with Crippen molar-refractivity contribution in [3.05, 3.63) is 35.9 Å². The molecule has 0 aromatic heterocycles. The van der Waals surface area contributed by atoms with Crippen LogP contribution in [-0.2, 0) is 0 Å². The highest BCUT2D eigenvalue weighted by Gasteiger charge is 2.13. The molecular weight excluding hydrogens is 175 g/mol. The van der Waals surface area contributed by atoms with Gasteiger partial charge in [-0.05, 0) is 37.3 Å². The zero-order valence-corrected chi connectivity index (χ0v) is 8.96. The van der Waals surface area contributed by atoms with Crippen LogP contribution in [0.3, 0.4) is 0 Å². The molecule has 0 aliphatic carbocycles. The van der Waals surface area contributed by atoms with Crippen molar-refractivity contribution in [2.75, 3.05) is 0 Å². The Morgan fingerprint density at radius 3 is 2.50 bits per heavy atom. The van der Waals surface area contributed by atoms with Gasteiger partial charge in [-0.1, -0.05) is 37.6 Å². The highest BCUT2D eigenvalue weighted by atomic mass is 19.1. The monoisotopic (exact) mass is 193 g/mol. The van der Waals surface area contributed by atoms with E-state index in [9.17, 15) is 4.39 Å². The van der Waals surface area contributed by atoms with E-state index in [1.54, 1.807) is 6.92 Å². The fourth-order valence-corrected chi connectivity index (χ4v) is 1.83. The van der Waals surface area contributed by atoms with Gasteiger partial charge in [0.15, 0.2) is 0 Å². The molecule has 1 heteroatoms. The highest BCUT2D eigenvalue weighted by molar-refractivity contribution is 5.18. The van der Waals surface area contributed by atoms with Crippen molar-refractivity contribution in [1.29, 1.82) is 0 Å². The average molecular weight is 193 g/mol. The lowest BCUT2D eigenvalue weighted by Crippen LogP contribution is -2.05. The van der Waals surface area contributed by atoms with Crippen LogP contribution in [0.4, 0.5) is 4.39 Å². The Hall–Kier alpha value is -0.850. The molecule has 0 saturated carbocycles. The topological polar surface area (TPSA) is 0 Å². The summed E-state index contributed by atoms with van der Waals surface area (Å²) in [6.45, 7) is 3.78. The summed E-state index contributed by atoms with van der Waals surface area (Å²) in [6.07, 6.45) is 2.10. The summed E-state index contributed by atoms with van der Waals surface area (Å²) in [5.41, 5.74) is 1.25. The second-order valence-corrected chi connectivity index (χ2v) is 3.84. The summed E-state index contributed by atoms with van der Waals surface area (Å²) in [6, 6.07) is 10.9. The lowest BCUT2D eigenvalue weighted by Gasteiger charge is -2.17. The first-order valence-corrected chi connectivity index (χ1v) is 5.34. The van der Waals surface area contributed by atoms with Crippen molar-refractivity contribution in [3.8, 4) is 0 Å². The van der Waals surface area contributed by atoms with Gasteiger partial charge in [0.05, 0.1) is 6.17 Å². The Bertz CT molecular complexity index is 241. The van der Waals surface area contributed by atoms with Crippen LogP contribution >= 0.6 is 0 Å². The minimum atomic E-state index is -0.712. The van der Waals surface area contributed by atoms with E-state index in [0.29, 0.717) is 12.3 Å². The van der Waals surface area contributed by atoms with E-state index in [0.717, 1.165) is 12.8 Å². The minimum absolute atomic E-state index is 0.370. The maximum atomic E-state index is 13.0. The maximum Gasteiger partial charge on any atom is 0.0979 e. The quantitative estimate of drug-likeness (QED) is 0.660. The third-order valence-electron chi connectivity index (χ3n) is 2.46. The van der Waals surface area contributed by atoms with Gasteiger partial charge in [0.25, 0.3) is 0 Å². The molecular formula is C13H18F. The van der Waals surface area contributed by atoms with Crippen molar-refractivity contribution >= 4 is 0 Å². The lowest BCUT2D eigenvalue weighted by atomic mass is 9.90. The molecule has 0 fully saturated rings. The van der Waals surface area contributed by atoms with Crippen LogP contribution in [0.2, 0.25) is 0 Å². The largest absolute Gasteiger partial charge is 0.248 e. The van der Waals surface area contributed by atoms with E-state index in [2.05, 4.69) is 13.0 Å². The fourth-order valence-electron chi connectivity index (χ4n) is 1.83. The third-order valence-corrected chi connectivity index (χ3v) is 2.46. The Morgan fingerprint density at radius 1 is 1.36 bits per heavy atom. The second-order valence-electron chi connectivity index (χ2n) is 3.84. The van der Waals surface area contributed by atoms with Gasteiger partial charge in [-0.2, -0.15) is 0 Å². The van der Waals surface area contributed by atoms with Crippen LogP contribution in [0.15, 0.2) is 24.3 Å². The highest BCUT2D eigenvalue weighted by Crippen LogP contribution is 2.26. The maximum absolute atomic E-state index is 13.0. The van der Waals surface area contributed by atoms with E-state index in [-0.39, 0.29) is 0 Å². The van der Waals surface area contributed by atoms with E-state index in [1.807, 2.05) is 24.3 Å². The van der Waals surface area contributed by atoms with Crippen molar-refractivity contribution in [2.24, 2.45) is 0 Å². The summed E-state index contributed by atoms with van der Waals surface area (Å²) in [7, 11) is 0. The first kappa shape index (κ1) is 11.2. The number of benzene rings is 1. The summed E-state index contributed by atoms with van der Waals surface area (Å²) < 4.78 is 13.0. The molecule has 77 valence electrons. The van der Waals surface area contributed by atoms with Gasteiger partial charge in [-0.3, -0.25) is 0 Å².